The Balaban J connectivity index is 0.978. The number of para-hydroxylation sites is 3. The van der Waals surface area contributed by atoms with Gasteiger partial charge in [-0.15, -0.1) is 0 Å². The van der Waals surface area contributed by atoms with Gasteiger partial charge in [0, 0.05) is 39.5 Å². The van der Waals surface area contributed by atoms with E-state index in [-0.39, 0.29) is 5.41 Å². The molecular weight excluding hydrogens is 665 g/mol. The van der Waals surface area contributed by atoms with E-state index in [0.29, 0.717) is 0 Å². The fourth-order valence-corrected chi connectivity index (χ4v) is 7.97. The van der Waals surface area contributed by atoms with Gasteiger partial charge < -0.3 is 9.80 Å². The van der Waals surface area contributed by atoms with E-state index in [4.69, 9.17) is 0 Å². The maximum Gasteiger partial charge on any atom is 0.0465 e. The Bertz CT molecular complexity index is 2530. The summed E-state index contributed by atoms with van der Waals surface area (Å²) in [4.78, 5) is 4.66. The van der Waals surface area contributed by atoms with Crippen LogP contribution in [0.2, 0.25) is 0 Å². The number of nitrogens with zero attached hydrogens (tertiary/aromatic N) is 2. The van der Waals surface area contributed by atoms with E-state index in [9.17, 15) is 0 Å². The predicted molar refractivity (Wildman–Crippen MR) is 234 cm³/mol. The summed E-state index contributed by atoms with van der Waals surface area (Å²) in [5.74, 6) is 0. The molecule has 0 radical (unpaired) electrons. The fourth-order valence-electron chi connectivity index (χ4n) is 7.97. The summed E-state index contributed by atoms with van der Waals surface area (Å²) in [6.45, 7) is 4.72. The molecule has 8 aromatic rings. The van der Waals surface area contributed by atoms with Crippen molar-refractivity contribution in [2.24, 2.45) is 0 Å². The lowest BCUT2D eigenvalue weighted by Crippen LogP contribution is -2.16. The Morgan fingerprint density at radius 1 is 0.327 bits per heavy atom. The molecule has 0 bridgehead atoms. The lowest BCUT2D eigenvalue weighted by Gasteiger charge is -2.28. The van der Waals surface area contributed by atoms with Crippen LogP contribution in [0.5, 0.6) is 0 Å². The number of hydrogen-bond acceptors (Lipinski definition) is 2. The predicted octanol–water partition coefficient (Wildman–Crippen LogP) is 14.8. The highest BCUT2D eigenvalue weighted by Crippen LogP contribution is 2.51. The Morgan fingerprint density at radius 2 is 0.691 bits per heavy atom. The normalized spacial score (nSPS) is 12.6. The molecular formula is C53H42N2. The van der Waals surface area contributed by atoms with E-state index < -0.39 is 0 Å². The highest BCUT2D eigenvalue weighted by molar-refractivity contribution is 5.87. The highest BCUT2D eigenvalue weighted by atomic mass is 15.1. The summed E-state index contributed by atoms with van der Waals surface area (Å²) in [5, 5.41) is 0. The van der Waals surface area contributed by atoms with Crippen LogP contribution in [0.3, 0.4) is 0 Å². The van der Waals surface area contributed by atoms with Gasteiger partial charge in [-0.3, -0.25) is 0 Å². The lowest BCUT2D eigenvalue weighted by atomic mass is 9.81. The zero-order chi connectivity index (χ0) is 37.2. The largest absolute Gasteiger partial charge is 0.311 e. The molecule has 55 heavy (non-hydrogen) atoms. The van der Waals surface area contributed by atoms with Crippen LogP contribution < -0.4 is 9.80 Å². The van der Waals surface area contributed by atoms with Crippen LogP contribution in [0, 0.1) is 0 Å². The van der Waals surface area contributed by atoms with Crippen LogP contribution >= 0.6 is 0 Å². The first-order chi connectivity index (χ1) is 27.0. The molecule has 0 heterocycles. The van der Waals surface area contributed by atoms with Crippen LogP contribution in [-0.2, 0) is 5.41 Å². The van der Waals surface area contributed by atoms with Crippen LogP contribution in [0.15, 0.2) is 206 Å². The van der Waals surface area contributed by atoms with E-state index in [1.807, 2.05) is 0 Å². The van der Waals surface area contributed by atoms with Crippen molar-refractivity contribution in [2.45, 2.75) is 19.3 Å². The zero-order valence-corrected chi connectivity index (χ0v) is 31.2. The molecule has 0 unspecified atom stereocenters. The summed E-state index contributed by atoms with van der Waals surface area (Å²) in [6, 6.07) is 74.0. The second-order valence-electron chi connectivity index (χ2n) is 14.7. The van der Waals surface area contributed by atoms with Gasteiger partial charge in [-0.25, -0.2) is 0 Å². The average Bonchev–Trinajstić information content (AvgIpc) is 3.47. The Kier molecular flexibility index (Phi) is 8.94. The molecule has 0 saturated carbocycles. The number of anilines is 6. The molecule has 0 amide bonds. The maximum atomic E-state index is 2.39. The van der Waals surface area contributed by atoms with Gasteiger partial charge in [0.15, 0.2) is 0 Å². The van der Waals surface area contributed by atoms with Crippen LogP contribution in [0.25, 0.3) is 34.4 Å². The Hall–Kier alpha value is -6.90. The van der Waals surface area contributed by atoms with Gasteiger partial charge in [0.25, 0.3) is 0 Å². The molecule has 264 valence electrons. The molecule has 0 aromatic heterocycles. The number of rotatable bonds is 9. The van der Waals surface area contributed by atoms with Gasteiger partial charge in [0.1, 0.15) is 0 Å². The van der Waals surface area contributed by atoms with Gasteiger partial charge >= 0.3 is 0 Å². The zero-order valence-electron chi connectivity index (χ0n) is 31.2. The minimum Gasteiger partial charge on any atom is -0.311 e. The molecule has 0 saturated heterocycles. The molecule has 9 rings (SSSR count). The van der Waals surface area contributed by atoms with E-state index in [2.05, 4.69) is 242 Å². The van der Waals surface area contributed by atoms with Crippen molar-refractivity contribution in [2.75, 3.05) is 9.80 Å². The van der Waals surface area contributed by atoms with Crippen molar-refractivity contribution >= 4 is 46.3 Å². The molecule has 1 aliphatic carbocycles. The topological polar surface area (TPSA) is 6.48 Å². The second-order valence-corrected chi connectivity index (χ2v) is 14.7. The Labute approximate surface area is 324 Å². The first-order valence-corrected chi connectivity index (χ1v) is 19.0. The highest BCUT2D eigenvalue weighted by Gasteiger charge is 2.36. The van der Waals surface area contributed by atoms with Gasteiger partial charge in [0.05, 0.1) is 0 Å². The van der Waals surface area contributed by atoms with Gasteiger partial charge in [-0.1, -0.05) is 159 Å². The lowest BCUT2D eigenvalue weighted by molar-refractivity contribution is 0.660. The smallest absolute Gasteiger partial charge is 0.0465 e. The molecule has 1 aliphatic rings. The summed E-state index contributed by atoms with van der Waals surface area (Å²) >= 11 is 0. The van der Waals surface area contributed by atoms with Crippen molar-refractivity contribution in [3.8, 4) is 22.3 Å². The van der Waals surface area contributed by atoms with Gasteiger partial charge in [0.2, 0.25) is 0 Å². The average molecular weight is 707 g/mol. The quantitative estimate of drug-likeness (QED) is 0.138. The second kappa shape index (κ2) is 14.5. The Morgan fingerprint density at radius 3 is 1.24 bits per heavy atom. The van der Waals surface area contributed by atoms with Gasteiger partial charge in [-0.2, -0.15) is 0 Å². The first-order valence-electron chi connectivity index (χ1n) is 19.0. The molecule has 0 N–H and O–H groups in total. The number of benzene rings is 8. The molecule has 2 nitrogen and oxygen atoms in total. The van der Waals surface area contributed by atoms with E-state index in [1.54, 1.807) is 0 Å². The van der Waals surface area contributed by atoms with Crippen LogP contribution in [-0.4, -0.2) is 0 Å². The van der Waals surface area contributed by atoms with Crippen molar-refractivity contribution < 1.29 is 0 Å². The monoisotopic (exact) mass is 706 g/mol. The summed E-state index contributed by atoms with van der Waals surface area (Å²) in [7, 11) is 0. The van der Waals surface area contributed by atoms with Crippen LogP contribution in [0.1, 0.15) is 36.1 Å². The van der Waals surface area contributed by atoms with E-state index >= 15 is 0 Å². The minimum atomic E-state index is -0.147. The van der Waals surface area contributed by atoms with Crippen molar-refractivity contribution in [3.63, 3.8) is 0 Å². The molecule has 0 atom stereocenters. The van der Waals surface area contributed by atoms with Crippen LogP contribution in [0.4, 0.5) is 34.1 Å². The molecule has 8 aromatic carbocycles. The third-order valence-corrected chi connectivity index (χ3v) is 10.8. The summed E-state index contributed by atoms with van der Waals surface area (Å²) in [5.41, 5.74) is 16.8. The number of hydrogen-bond donors (Lipinski definition) is 0. The van der Waals surface area contributed by atoms with E-state index in [0.717, 1.165) is 39.7 Å². The molecule has 0 fully saturated rings. The van der Waals surface area contributed by atoms with Gasteiger partial charge in [-0.05, 0) is 117 Å². The standard InChI is InChI=1S/C53H42N2/c1-53(2)51-37-40(27-35-49(51)50-36-34-48(38-52(50)53)55(44-19-11-5-12-20-44)45-21-13-6-14-22-45)24-23-39-25-30-46(31-26-39)54(43-17-9-4-10-18-43)47-32-28-42(29-33-47)41-15-7-3-8-16-41/h3-38H,1-2H3. The SMILES string of the molecule is CC1(C)c2cc(C=Cc3ccc(N(c4ccccc4)c4ccc(-c5ccccc5)cc4)cc3)ccc2-c2ccc(N(c3ccccc3)c3ccccc3)cc21. The minimum absolute atomic E-state index is 0.147. The maximum absolute atomic E-state index is 2.39. The fraction of sp³-hybridized carbons (Fsp3) is 0.0566. The number of fused-ring (bicyclic) bond motifs is 3. The van der Waals surface area contributed by atoms with E-state index in [1.165, 1.54) is 38.9 Å². The molecule has 0 spiro atoms. The molecule has 0 aliphatic heterocycles. The summed E-state index contributed by atoms with van der Waals surface area (Å²) in [6.07, 6.45) is 4.46. The molecule has 2 heteroatoms. The van der Waals surface area contributed by atoms with Crippen molar-refractivity contribution in [1.29, 1.82) is 0 Å². The summed E-state index contributed by atoms with van der Waals surface area (Å²) < 4.78 is 0. The van der Waals surface area contributed by atoms with Crippen molar-refractivity contribution in [1.82, 2.24) is 0 Å². The van der Waals surface area contributed by atoms with Crippen molar-refractivity contribution in [3.05, 3.63) is 229 Å². The first kappa shape index (κ1) is 33.9. The third kappa shape index (κ3) is 6.64. The third-order valence-electron chi connectivity index (χ3n) is 10.8.